The predicted octanol–water partition coefficient (Wildman–Crippen LogP) is 0.208. The lowest BCUT2D eigenvalue weighted by Gasteiger charge is -2.32. The van der Waals surface area contributed by atoms with E-state index < -0.39 is 20.2 Å². The lowest BCUT2D eigenvalue weighted by molar-refractivity contribution is 0.129. The topological polar surface area (TPSA) is 86.7 Å². The van der Waals surface area contributed by atoms with Crippen LogP contribution in [0.1, 0.15) is 12.8 Å². The molecule has 0 aliphatic heterocycles. The first-order valence-corrected chi connectivity index (χ1v) is 10.6. The normalized spacial score (nSPS) is 52.3. The van der Waals surface area contributed by atoms with Gasteiger partial charge in [0.15, 0.2) is 0 Å². The molecule has 0 N–H and O–H groups in total. The Bertz CT molecular complexity index is 595. The van der Waals surface area contributed by atoms with Crippen LogP contribution in [0.3, 0.4) is 0 Å². The summed E-state index contributed by atoms with van der Waals surface area (Å²) in [6.07, 6.45) is 3.57. The predicted molar refractivity (Wildman–Crippen MR) is 69.6 cm³/mol. The Labute approximate surface area is 119 Å². The zero-order chi connectivity index (χ0) is 14.4. The summed E-state index contributed by atoms with van der Waals surface area (Å²) in [4.78, 5) is 0. The lowest BCUT2D eigenvalue weighted by Crippen LogP contribution is -2.28. The van der Waals surface area contributed by atoms with Gasteiger partial charge in [0.1, 0.15) is 0 Å². The summed E-state index contributed by atoms with van der Waals surface area (Å²) in [5, 5.41) is 0. The van der Waals surface area contributed by atoms with Gasteiger partial charge in [-0.1, -0.05) is 0 Å². The molecule has 0 unspecified atom stereocenters. The van der Waals surface area contributed by atoms with Crippen LogP contribution in [0.15, 0.2) is 0 Å². The van der Waals surface area contributed by atoms with Gasteiger partial charge in [-0.25, -0.2) is 0 Å². The van der Waals surface area contributed by atoms with Crippen LogP contribution in [0.2, 0.25) is 0 Å². The number of hydrogen-bond donors (Lipinski definition) is 0. The van der Waals surface area contributed by atoms with E-state index in [1.165, 1.54) is 0 Å². The number of hydrogen-bond acceptors (Lipinski definition) is 6. The van der Waals surface area contributed by atoms with Crippen LogP contribution < -0.4 is 0 Å². The van der Waals surface area contributed by atoms with Gasteiger partial charge >= 0.3 is 0 Å². The summed E-state index contributed by atoms with van der Waals surface area (Å²) >= 11 is 0. The van der Waals surface area contributed by atoms with Gasteiger partial charge in [0.25, 0.3) is 20.2 Å². The summed E-state index contributed by atoms with van der Waals surface area (Å²) in [6.45, 7) is 0. The highest BCUT2D eigenvalue weighted by Crippen LogP contribution is 2.73. The molecule has 8 atom stereocenters. The van der Waals surface area contributed by atoms with Gasteiger partial charge in [-0.05, 0) is 48.3 Å². The van der Waals surface area contributed by atoms with Crippen molar-refractivity contribution in [1.82, 2.24) is 0 Å². The Kier molecular flexibility index (Phi) is 2.54. The van der Waals surface area contributed by atoms with Crippen molar-refractivity contribution in [1.29, 1.82) is 0 Å². The highest BCUT2D eigenvalue weighted by molar-refractivity contribution is 7.86. The molecule has 0 amide bonds. The largest absolute Gasteiger partial charge is 0.266 e. The molecule has 4 aliphatic rings. The SMILES string of the molecule is CS(=O)(=O)O[C@@H]1[C@H]2C[C@@H]3[C@H]4C[C@@H]2[C@@H]([C@H]4OS(C)(=O)=O)[C@H]31. The minimum Gasteiger partial charge on any atom is -0.266 e. The molecule has 4 fully saturated rings. The molecule has 20 heavy (non-hydrogen) atoms. The first-order chi connectivity index (χ1) is 9.16. The van der Waals surface area contributed by atoms with Gasteiger partial charge in [0.05, 0.1) is 24.7 Å². The number of fused-ring (bicyclic) bond motifs is 4. The maximum atomic E-state index is 11.4. The molecular formula is C12H18O6S2. The average Bonchev–Trinajstić information content (AvgIpc) is 2.89. The molecular weight excluding hydrogens is 304 g/mol. The molecule has 0 radical (unpaired) electrons. The summed E-state index contributed by atoms with van der Waals surface area (Å²) in [5.41, 5.74) is 0. The van der Waals surface area contributed by atoms with Crippen LogP contribution in [0.5, 0.6) is 0 Å². The van der Waals surface area contributed by atoms with Crippen molar-refractivity contribution in [3.8, 4) is 0 Å². The molecule has 0 heterocycles. The molecule has 6 nitrogen and oxygen atoms in total. The Balaban J connectivity index is 1.64. The molecule has 4 rings (SSSR count). The first-order valence-electron chi connectivity index (χ1n) is 6.92. The second-order valence-electron chi connectivity index (χ2n) is 6.81. The molecule has 4 saturated carbocycles. The van der Waals surface area contributed by atoms with Crippen molar-refractivity contribution in [3.63, 3.8) is 0 Å². The molecule has 0 saturated heterocycles. The quantitative estimate of drug-likeness (QED) is 0.688. The van der Waals surface area contributed by atoms with E-state index in [2.05, 4.69) is 0 Å². The summed E-state index contributed by atoms with van der Waals surface area (Å²) < 4.78 is 56.3. The summed E-state index contributed by atoms with van der Waals surface area (Å²) in [5.74, 6) is 1.57. The Morgan fingerprint density at radius 1 is 0.700 bits per heavy atom. The highest BCUT2D eigenvalue weighted by atomic mass is 32.2. The van der Waals surface area contributed by atoms with E-state index in [-0.39, 0.29) is 35.9 Å². The molecule has 0 aromatic heterocycles. The Morgan fingerprint density at radius 3 is 1.35 bits per heavy atom. The molecule has 8 heteroatoms. The lowest BCUT2D eigenvalue weighted by atomic mass is 9.71. The van der Waals surface area contributed by atoms with Gasteiger partial charge < -0.3 is 0 Å². The summed E-state index contributed by atoms with van der Waals surface area (Å²) in [7, 11) is -6.94. The fraction of sp³-hybridized carbons (Fsp3) is 1.00. The molecule has 4 aliphatic carbocycles. The maximum Gasteiger partial charge on any atom is 0.264 e. The van der Waals surface area contributed by atoms with E-state index in [9.17, 15) is 16.8 Å². The van der Waals surface area contributed by atoms with Crippen molar-refractivity contribution < 1.29 is 25.2 Å². The van der Waals surface area contributed by atoms with Crippen LogP contribution in [0, 0.1) is 35.5 Å². The number of rotatable bonds is 4. The van der Waals surface area contributed by atoms with Crippen molar-refractivity contribution in [3.05, 3.63) is 0 Å². The fourth-order valence-electron chi connectivity index (χ4n) is 5.71. The Hall–Kier alpha value is -0.180. The monoisotopic (exact) mass is 322 g/mol. The third-order valence-electron chi connectivity index (χ3n) is 5.80. The zero-order valence-electron chi connectivity index (χ0n) is 11.3. The van der Waals surface area contributed by atoms with E-state index in [4.69, 9.17) is 8.37 Å². The van der Waals surface area contributed by atoms with Crippen LogP contribution in [-0.2, 0) is 28.6 Å². The first kappa shape index (κ1) is 13.5. The van der Waals surface area contributed by atoms with Crippen molar-refractivity contribution in [2.24, 2.45) is 35.5 Å². The molecule has 0 aromatic rings. The van der Waals surface area contributed by atoms with Gasteiger partial charge in [0.2, 0.25) is 0 Å². The molecule has 0 aromatic carbocycles. The smallest absolute Gasteiger partial charge is 0.264 e. The van der Waals surface area contributed by atoms with E-state index >= 15 is 0 Å². The molecule has 4 bridgehead atoms. The Morgan fingerprint density at radius 2 is 1.05 bits per heavy atom. The standard InChI is InChI=1S/C12H18O6S2/c1-19(13,14)17-11-7-3-6-8-4-5(7)10(9(6)11)12(8)18-20(2,15)16/h5-12H,3-4H2,1-2H3/t5-,6+,7-,8+,9-,10+,11+,12-. The van der Waals surface area contributed by atoms with E-state index in [1.54, 1.807) is 0 Å². The zero-order valence-corrected chi connectivity index (χ0v) is 12.9. The third-order valence-corrected chi connectivity index (χ3v) is 6.94. The fourth-order valence-corrected chi connectivity index (χ4v) is 7.06. The second-order valence-corrected chi connectivity index (χ2v) is 10.0. The van der Waals surface area contributed by atoms with Crippen LogP contribution >= 0.6 is 0 Å². The van der Waals surface area contributed by atoms with Crippen LogP contribution in [-0.4, -0.2) is 41.6 Å². The van der Waals surface area contributed by atoms with E-state index in [1.807, 2.05) is 0 Å². The molecule has 0 spiro atoms. The van der Waals surface area contributed by atoms with Crippen molar-refractivity contribution in [2.45, 2.75) is 25.0 Å². The van der Waals surface area contributed by atoms with Crippen molar-refractivity contribution >= 4 is 20.2 Å². The highest BCUT2D eigenvalue weighted by Gasteiger charge is 2.74. The van der Waals surface area contributed by atoms with E-state index in [0.29, 0.717) is 11.8 Å². The van der Waals surface area contributed by atoms with Crippen molar-refractivity contribution in [2.75, 3.05) is 12.5 Å². The van der Waals surface area contributed by atoms with Crippen LogP contribution in [0.25, 0.3) is 0 Å². The maximum absolute atomic E-state index is 11.4. The third kappa shape index (κ3) is 1.74. The van der Waals surface area contributed by atoms with Gasteiger partial charge in [-0.3, -0.25) is 8.37 Å². The summed E-state index contributed by atoms with van der Waals surface area (Å²) in [6, 6.07) is 0. The molecule has 114 valence electrons. The van der Waals surface area contributed by atoms with Gasteiger partial charge in [-0.15, -0.1) is 0 Å². The van der Waals surface area contributed by atoms with Gasteiger partial charge in [0, 0.05) is 0 Å². The second kappa shape index (κ2) is 3.77. The van der Waals surface area contributed by atoms with Crippen LogP contribution in [0.4, 0.5) is 0 Å². The average molecular weight is 322 g/mol. The van der Waals surface area contributed by atoms with E-state index in [0.717, 1.165) is 25.4 Å². The minimum atomic E-state index is -3.47. The minimum absolute atomic E-state index is 0.158. The van der Waals surface area contributed by atoms with Gasteiger partial charge in [-0.2, -0.15) is 16.8 Å².